The minimum atomic E-state index is -3.56. The van der Waals surface area contributed by atoms with Gasteiger partial charge in [0.05, 0.1) is 29.3 Å². The summed E-state index contributed by atoms with van der Waals surface area (Å²) in [5, 5.41) is 3.21. The molecule has 32 heavy (non-hydrogen) atoms. The average Bonchev–Trinajstić information content (AvgIpc) is 3.19. The first kappa shape index (κ1) is 22.5. The third-order valence-electron chi connectivity index (χ3n) is 5.49. The second kappa shape index (κ2) is 9.05. The number of nitrogens with zero attached hydrogens (tertiary/aromatic N) is 2. The lowest BCUT2D eigenvalue weighted by atomic mass is 10.0. The van der Waals surface area contributed by atoms with E-state index in [2.05, 4.69) is 17.2 Å². The van der Waals surface area contributed by atoms with Gasteiger partial charge >= 0.3 is 0 Å². The summed E-state index contributed by atoms with van der Waals surface area (Å²) in [6.45, 7) is 3.11. The first-order valence-corrected chi connectivity index (χ1v) is 12.5. The third-order valence-corrected chi connectivity index (χ3v) is 8.30. The second-order valence-electron chi connectivity index (χ2n) is 7.78. The number of amides is 1. The maximum Gasteiger partial charge on any atom is 0.257 e. The largest absolute Gasteiger partial charge is 0.493 e. The summed E-state index contributed by atoms with van der Waals surface area (Å²) in [6.07, 6.45) is 1.90. The summed E-state index contributed by atoms with van der Waals surface area (Å²) >= 11 is 1.31. The van der Waals surface area contributed by atoms with Gasteiger partial charge < -0.3 is 9.47 Å². The van der Waals surface area contributed by atoms with Crippen molar-refractivity contribution in [3.63, 3.8) is 0 Å². The Morgan fingerprint density at radius 3 is 2.50 bits per heavy atom. The molecule has 1 aliphatic heterocycles. The van der Waals surface area contributed by atoms with E-state index < -0.39 is 10.0 Å². The highest BCUT2D eigenvalue weighted by Gasteiger charge is 2.28. The first-order valence-electron chi connectivity index (χ1n) is 10.3. The minimum Gasteiger partial charge on any atom is -0.493 e. The van der Waals surface area contributed by atoms with E-state index in [9.17, 15) is 13.2 Å². The Morgan fingerprint density at radius 1 is 1.16 bits per heavy atom. The van der Waals surface area contributed by atoms with Crippen LogP contribution in [0.15, 0.2) is 41.3 Å². The number of piperidine rings is 1. The van der Waals surface area contributed by atoms with E-state index >= 15 is 0 Å². The molecule has 1 atom stereocenters. The molecule has 170 valence electrons. The lowest BCUT2D eigenvalue weighted by Gasteiger charge is -2.30. The van der Waals surface area contributed by atoms with E-state index in [0.717, 1.165) is 17.5 Å². The first-order chi connectivity index (χ1) is 15.3. The number of aromatic nitrogens is 1. The Balaban J connectivity index is 1.50. The highest BCUT2D eigenvalue weighted by molar-refractivity contribution is 7.89. The number of methoxy groups -OCH3 is 2. The van der Waals surface area contributed by atoms with E-state index in [0.29, 0.717) is 46.7 Å². The van der Waals surface area contributed by atoms with Crippen LogP contribution in [0.5, 0.6) is 11.5 Å². The molecule has 0 spiro atoms. The van der Waals surface area contributed by atoms with Gasteiger partial charge in [-0.2, -0.15) is 4.31 Å². The highest BCUT2D eigenvalue weighted by Crippen LogP contribution is 2.36. The fourth-order valence-corrected chi connectivity index (χ4v) is 6.24. The predicted molar refractivity (Wildman–Crippen MR) is 124 cm³/mol. The molecule has 1 saturated heterocycles. The van der Waals surface area contributed by atoms with Crippen molar-refractivity contribution in [2.75, 3.05) is 32.6 Å². The van der Waals surface area contributed by atoms with Crippen molar-refractivity contribution in [3.05, 3.63) is 42.0 Å². The van der Waals surface area contributed by atoms with Crippen LogP contribution in [-0.4, -0.2) is 50.9 Å². The molecular weight excluding hydrogens is 450 g/mol. The van der Waals surface area contributed by atoms with E-state index in [1.807, 2.05) is 6.07 Å². The number of ether oxygens (including phenoxy) is 2. The van der Waals surface area contributed by atoms with Crippen molar-refractivity contribution >= 4 is 42.6 Å². The number of hydrogen-bond donors (Lipinski definition) is 1. The number of nitrogens with one attached hydrogen (secondary N) is 1. The fraction of sp³-hybridized carbons (Fsp3) is 0.364. The van der Waals surface area contributed by atoms with Crippen LogP contribution in [0.2, 0.25) is 0 Å². The van der Waals surface area contributed by atoms with Crippen molar-refractivity contribution in [2.45, 2.75) is 24.7 Å². The molecule has 1 N–H and O–H groups in total. The van der Waals surface area contributed by atoms with Crippen LogP contribution in [-0.2, 0) is 10.0 Å². The number of fused-ring (bicyclic) bond motifs is 1. The maximum absolute atomic E-state index is 12.9. The van der Waals surface area contributed by atoms with Crippen LogP contribution >= 0.6 is 11.3 Å². The van der Waals surface area contributed by atoms with Crippen molar-refractivity contribution in [2.24, 2.45) is 5.92 Å². The number of anilines is 1. The topological polar surface area (TPSA) is 97.8 Å². The molecule has 1 aliphatic rings. The normalized spacial score (nSPS) is 17.3. The fourth-order valence-electron chi connectivity index (χ4n) is 3.77. The van der Waals surface area contributed by atoms with Gasteiger partial charge in [0.25, 0.3) is 5.91 Å². The van der Waals surface area contributed by atoms with Crippen LogP contribution < -0.4 is 14.8 Å². The Bertz CT molecular complexity index is 1200. The standard InChI is InChI=1S/C22H25N3O5S2/c1-14-5-4-10-25(13-14)32(27,28)16-8-6-15(7-9-16)21(26)24-22-23-17-11-18(29-2)19(30-3)12-20(17)31-22/h6-9,11-12,14H,4-5,10,13H2,1-3H3,(H,23,24,26). The van der Waals surface area contributed by atoms with Crippen molar-refractivity contribution in [1.82, 2.24) is 9.29 Å². The Labute approximate surface area is 191 Å². The number of carbonyl (C=O) groups excluding carboxylic acids is 1. The molecule has 1 unspecified atom stereocenters. The highest BCUT2D eigenvalue weighted by atomic mass is 32.2. The van der Waals surface area contributed by atoms with Crippen LogP contribution in [0.25, 0.3) is 10.2 Å². The minimum absolute atomic E-state index is 0.197. The maximum atomic E-state index is 12.9. The molecule has 2 heterocycles. The van der Waals surface area contributed by atoms with Crippen molar-refractivity contribution < 1.29 is 22.7 Å². The lowest BCUT2D eigenvalue weighted by molar-refractivity contribution is 0.102. The van der Waals surface area contributed by atoms with Gasteiger partial charge in [0, 0.05) is 30.8 Å². The summed E-state index contributed by atoms with van der Waals surface area (Å²) < 4.78 is 38.8. The zero-order valence-corrected chi connectivity index (χ0v) is 19.8. The summed E-state index contributed by atoms with van der Waals surface area (Å²) in [5.41, 5.74) is 1.03. The summed E-state index contributed by atoms with van der Waals surface area (Å²) in [5.74, 6) is 1.13. The zero-order chi connectivity index (χ0) is 22.9. The lowest BCUT2D eigenvalue weighted by Crippen LogP contribution is -2.39. The van der Waals surface area contributed by atoms with E-state index in [1.54, 1.807) is 20.3 Å². The summed E-state index contributed by atoms with van der Waals surface area (Å²) in [4.78, 5) is 17.3. The monoisotopic (exact) mass is 475 g/mol. The molecule has 1 aromatic heterocycles. The van der Waals surface area contributed by atoms with Gasteiger partial charge in [0.1, 0.15) is 0 Å². The Hall–Kier alpha value is -2.69. The Morgan fingerprint density at radius 2 is 1.84 bits per heavy atom. The van der Waals surface area contributed by atoms with Crippen LogP contribution in [0, 0.1) is 5.92 Å². The molecule has 3 aromatic rings. The molecule has 0 aliphatic carbocycles. The Kier molecular flexibility index (Phi) is 6.36. The SMILES string of the molecule is COc1cc2nc(NC(=O)c3ccc(S(=O)(=O)N4CCCC(C)C4)cc3)sc2cc1OC. The number of sulfonamides is 1. The molecule has 8 nitrogen and oxygen atoms in total. The number of carbonyl (C=O) groups is 1. The molecule has 1 fully saturated rings. The molecule has 1 amide bonds. The quantitative estimate of drug-likeness (QED) is 0.579. The van der Waals surface area contributed by atoms with Gasteiger partial charge in [-0.05, 0) is 43.0 Å². The smallest absolute Gasteiger partial charge is 0.257 e. The molecule has 0 bridgehead atoms. The van der Waals surface area contributed by atoms with Gasteiger partial charge in [-0.1, -0.05) is 18.3 Å². The number of benzene rings is 2. The summed E-state index contributed by atoms with van der Waals surface area (Å²) in [6, 6.07) is 9.57. The zero-order valence-electron chi connectivity index (χ0n) is 18.1. The van der Waals surface area contributed by atoms with Crippen molar-refractivity contribution in [3.8, 4) is 11.5 Å². The van der Waals surface area contributed by atoms with Crippen LogP contribution in [0.1, 0.15) is 30.1 Å². The van der Waals surface area contributed by atoms with E-state index in [4.69, 9.17) is 9.47 Å². The molecule has 0 saturated carbocycles. The number of rotatable bonds is 6. The van der Waals surface area contributed by atoms with Gasteiger partial charge in [-0.3, -0.25) is 10.1 Å². The molecule has 2 aromatic carbocycles. The van der Waals surface area contributed by atoms with Gasteiger partial charge in [0.15, 0.2) is 16.6 Å². The number of hydrogen-bond acceptors (Lipinski definition) is 7. The van der Waals surface area contributed by atoms with Gasteiger partial charge in [-0.25, -0.2) is 13.4 Å². The third kappa shape index (κ3) is 4.43. The molecule has 10 heteroatoms. The van der Waals surface area contributed by atoms with Gasteiger partial charge in [-0.15, -0.1) is 0 Å². The van der Waals surface area contributed by atoms with Gasteiger partial charge in [0.2, 0.25) is 10.0 Å². The summed E-state index contributed by atoms with van der Waals surface area (Å²) in [7, 11) is -0.451. The van der Waals surface area contributed by atoms with Crippen LogP contribution in [0.3, 0.4) is 0 Å². The van der Waals surface area contributed by atoms with Crippen molar-refractivity contribution in [1.29, 1.82) is 0 Å². The van der Waals surface area contributed by atoms with E-state index in [1.165, 1.54) is 39.9 Å². The average molecular weight is 476 g/mol. The van der Waals surface area contributed by atoms with E-state index in [-0.39, 0.29) is 10.8 Å². The predicted octanol–water partition coefficient (Wildman–Crippen LogP) is 3.99. The molecule has 4 rings (SSSR count). The number of thiazole rings is 1. The van der Waals surface area contributed by atoms with Crippen LogP contribution in [0.4, 0.5) is 5.13 Å². The second-order valence-corrected chi connectivity index (χ2v) is 10.8. The molecular formula is C22H25N3O5S2. The molecule has 0 radical (unpaired) electrons.